The summed E-state index contributed by atoms with van der Waals surface area (Å²) in [6.45, 7) is 4.05. The second-order valence-electron chi connectivity index (χ2n) is 10.8. The van der Waals surface area contributed by atoms with E-state index in [0.717, 1.165) is 42.6 Å². The van der Waals surface area contributed by atoms with E-state index in [1.165, 1.54) is 19.3 Å². The minimum atomic E-state index is -3.47. The van der Waals surface area contributed by atoms with Gasteiger partial charge in [-0.1, -0.05) is 17.7 Å². The standard InChI is InChI=1S/C25H34N2O4S/c1-18-2-4-22(5-3-18)32(30,31)11-6-23(28)26-7-9-27(10-8-26)24(29)25-15-19-12-20(16-25)14-21(13-19)17-25/h2-5,19-21H,6-17H2,1H3. The Morgan fingerprint density at radius 3 is 1.91 bits per heavy atom. The van der Waals surface area contributed by atoms with Gasteiger partial charge in [-0.05, 0) is 75.3 Å². The minimum absolute atomic E-state index is 0.0147. The summed E-state index contributed by atoms with van der Waals surface area (Å²) in [5.41, 5.74) is 0.865. The fraction of sp³-hybridized carbons (Fsp3) is 0.680. The van der Waals surface area contributed by atoms with Crippen LogP contribution >= 0.6 is 0 Å². The normalized spacial score (nSPS) is 31.7. The molecule has 5 fully saturated rings. The van der Waals surface area contributed by atoms with Crippen molar-refractivity contribution in [2.75, 3.05) is 31.9 Å². The number of nitrogens with zero attached hydrogens (tertiary/aromatic N) is 2. The Labute approximate surface area is 191 Å². The van der Waals surface area contributed by atoms with Crippen LogP contribution in [0.15, 0.2) is 29.2 Å². The van der Waals surface area contributed by atoms with E-state index < -0.39 is 9.84 Å². The summed E-state index contributed by atoms with van der Waals surface area (Å²) in [7, 11) is -3.47. The van der Waals surface area contributed by atoms with Gasteiger partial charge >= 0.3 is 0 Å². The molecule has 0 radical (unpaired) electrons. The Bertz CT molecular complexity index is 958. The summed E-state index contributed by atoms with van der Waals surface area (Å²) in [5, 5.41) is 0. The van der Waals surface area contributed by atoms with Crippen molar-refractivity contribution in [3.8, 4) is 0 Å². The first-order chi connectivity index (χ1) is 15.2. The van der Waals surface area contributed by atoms with Gasteiger partial charge in [-0.25, -0.2) is 8.42 Å². The van der Waals surface area contributed by atoms with E-state index in [0.29, 0.717) is 32.1 Å². The summed E-state index contributed by atoms with van der Waals surface area (Å²) in [4.78, 5) is 30.2. The Morgan fingerprint density at radius 2 is 1.38 bits per heavy atom. The number of aryl methyl sites for hydroxylation is 1. The van der Waals surface area contributed by atoms with Crippen molar-refractivity contribution in [2.24, 2.45) is 23.2 Å². The number of amides is 2. The van der Waals surface area contributed by atoms with Gasteiger partial charge in [0.1, 0.15) is 0 Å². The Hall–Kier alpha value is -1.89. The van der Waals surface area contributed by atoms with E-state index in [2.05, 4.69) is 0 Å². The lowest BCUT2D eigenvalue weighted by Gasteiger charge is -2.57. The first kappa shape index (κ1) is 21.9. The molecule has 0 spiro atoms. The van der Waals surface area contributed by atoms with Gasteiger partial charge in [-0.3, -0.25) is 9.59 Å². The van der Waals surface area contributed by atoms with Crippen molar-refractivity contribution in [2.45, 2.75) is 56.8 Å². The second-order valence-corrected chi connectivity index (χ2v) is 12.9. The number of sulfone groups is 1. The highest BCUT2D eigenvalue weighted by Gasteiger charge is 2.55. The molecule has 1 aromatic rings. The molecule has 6 rings (SSSR count). The maximum Gasteiger partial charge on any atom is 0.228 e. The van der Waals surface area contributed by atoms with Gasteiger partial charge in [0.2, 0.25) is 11.8 Å². The highest BCUT2D eigenvalue weighted by molar-refractivity contribution is 7.91. The predicted octanol–water partition coefficient (Wildman–Crippen LogP) is 3.05. The van der Waals surface area contributed by atoms with Gasteiger partial charge in [0.25, 0.3) is 0 Å². The van der Waals surface area contributed by atoms with Gasteiger partial charge in [-0.2, -0.15) is 0 Å². The minimum Gasteiger partial charge on any atom is -0.339 e. The van der Waals surface area contributed by atoms with Crippen LogP contribution < -0.4 is 0 Å². The summed E-state index contributed by atoms with van der Waals surface area (Å²) in [6.07, 6.45) is 7.13. The lowest BCUT2D eigenvalue weighted by molar-refractivity contribution is -0.160. The molecule has 4 bridgehead atoms. The third-order valence-corrected chi connectivity index (χ3v) is 10.1. The van der Waals surface area contributed by atoms with Crippen molar-refractivity contribution >= 4 is 21.7 Å². The molecule has 1 aromatic carbocycles. The smallest absolute Gasteiger partial charge is 0.228 e. The van der Waals surface area contributed by atoms with E-state index in [9.17, 15) is 18.0 Å². The quantitative estimate of drug-likeness (QED) is 0.680. The molecule has 5 aliphatic rings. The Balaban J connectivity index is 1.14. The van der Waals surface area contributed by atoms with Crippen LogP contribution in [0.2, 0.25) is 0 Å². The average molecular weight is 459 g/mol. The molecule has 7 heteroatoms. The average Bonchev–Trinajstić information content (AvgIpc) is 2.76. The molecule has 2 amide bonds. The van der Waals surface area contributed by atoms with Gasteiger partial charge in [-0.15, -0.1) is 0 Å². The number of hydrogen-bond donors (Lipinski definition) is 0. The van der Waals surface area contributed by atoms with E-state index in [-0.39, 0.29) is 28.4 Å². The number of hydrogen-bond acceptors (Lipinski definition) is 4. The Morgan fingerprint density at radius 1 is 0.875 bits per heavy atom. The third-order valence-electron chi connectivity index (χ3n) is 8.38. The zero-order chi connectivity index (χ0) is 22.5. The molecule has 32 heavy (non-hydrogen) atoms. The van der Waals surface area contributed by atoms with Crippen LogP contribution in [0.4, 0.5) is 0 Å². The summed E-state index contributed by atoms with van der Waals surface area (Å²) >= 11 is 0. The first-order valence-electron chi connectivity index (χ1n) is 12.1. The SMILES string of the molecule is Cc1ccc(S(=O)(=O)CCC(=O)N2CCN(C(=O)C34CC5CC(CC(C5)C3)C4)CC2)cc1. The predicted molar refractivity (Wildman–Crippen MR) is 122 cm³/mol. The fourth-order valence-corrected chi connectivity index (χ4v) is 8.34. The maximum absolute atomic E-state index is 13.5. The number of benzene rings is 1. The lowest BCUT2D eigenvalue weighted by Crippen LogP contribution is -2.58. The van der Waals surface area contributed by atoms with Crippen LogP contribution in [-0.4, -0.2) is 62.0 Å². The van der Waals surface area contributed by atoms with Crippen molar-refractivity contribution in [3.63, 3.8) is 0 Å². The molecular formula is C25H34N2O4S. The van der Waals surface area contributed by atoms with Gasteiger partial charge in [0, 0.05) is 32.6 Å². The number of carbonyl (C=O) groups excluding carboxylic acids is 2. The highest BCUT2D eigenvalue weighted by Crippen LogP contribution is 2.60. The molecule has 0 atom stereocenters. The monoisotopic (exact) mass is 458 g/mol. The lowest BCUT2D eigenvalue weighted by atomic mass is 9.49. The van der Waals surface area contributed by atoms with Crippen LogP contribution in [-0.2, 0) is 19.4 Å². The largest absolute Gasteiger partial charge is 0.339 e. The van der Waals surface area contributed by atoms with Crippen molar-refractivity contribution in [1.29, 1.82) is 0 Å². The first-order valence-corrected chi connectivity index (χ1v) is 13.8. The molecule has 0 aromatic heterocycles. The van der Waals surface area contributed by atoms with E-state index >= 15 is 0 Å². The molecule has 0 unspecified atom stereocenters. The molecule has 4 aliphatic carbocycles. The molecule has 4 saturated carbocycles. The van der Waals surface area contributed by atoms with Crippen molar-refractivity contribution in [3.05, 3.63) is 29.8 Å². The van der Waals surface area contributed by atoms with Crippen LogP contribution in [0.3, 0.4) is 0 Å². The van der Waals surface area contributed by atoms with Crippen LogP contribution in [0.1, 0.15) is 50.5 Å². The zero-order valence-electron chi connectivity index (χ0n) is 19.0. The maximum atomic E-state index is 13.5. The van der Waals surface area contributed by atoms with Crippen LogP contribution in [0.5, 0.6) is 0 Å². The molecular weight excluding hydrogens is 424 g/mol. The van der Waals surface area contributed by atoms with E-state index in [1.54, 1.807) is 29.2 Å². The molecule has 1 saturated heterocycles. The van der Waals surface area contributed by atoms with Gasteiger partial charge in [0.05, 0.1) is 16.1 Å². The second kappa shape index (κ2) is 8.15. The fourth-order valence-electron chi connectivity index (χ4n) is 7.11. The van der Waals surface area contributed by atoms with Gasteiger partial charge < -0.3 is 9.80 Å². The highest BCUT2D eigenvalue weighted by atomic mass is 32.2. The molecule has 0 N–H and O–H groups in total. The third kappa shape index (κ3) is 4.09. The van der Waals surface area contributed by atoms with Gasteiger partial charge in [0.15, 0.2) is 9.84 Å². The molecule has 6 nitrogen and oxygen atoms in total. The van der Waals surface area contributed by atoms with Crippen molar-refractivity contribution in [1.82, 2.24) is 9.80 Å². The molecule has 174 valence electrons. The topological polar surface area (TPSA) is 74.8 Å². The van der Waals surface area contributed by atoms with E-state index in [1.807, 2.05) is 11.8 Å². The summed E-state index contributed by atoms with van der Waals surface area (Å²) in [5.74, 6) is 2.23. The zero-order valence-corrected chi connectivity index (χ0v) is 19.8. The Kier molecular flexibility index (Phi) is 5.59. The number of rotatable bonds is 5. The van der Waals surface area contributed by atoms with E-state index in [4.69, 9.17) is 0 Å². The number of carbonyl (C=O) groups is 2. The van der Waals surface area contributed by atoms with Crippen molar-refractivity contribution < 1.29 is 18.0 Å². The van der Waals surface area contributed by atoms with Crippen LogP contribution in [0.25, 0.3) is 0 Å². The summed E-state index contributed by atoms with van der Waals surface area (Å²) in [6, 6.07) is 6.75. The summed E-state index contributed by atoms with van der Waals surface area (Å²) < 4.78 is 25.1. The number of piperazine rings is 1. The molecule has 1 aliphatic heterocycles. The van der Waals surface area contributed by atoms with Crippen LogP contribution in [0, 0.1) is 30.1 Å². The molecule has 1 heterocycles.